The molecule has 2 heterocycles. The van der Waals surface area contributed by atoms with E-state index in [4.69, 9.17) is 4.74 Å². The van der Waals surface area contributed by atoms with Crippen LogP contribution in [-0.4, -0.2) is 17.5 Å². The Morgan fingerprint density at radius 3 is 3.05 bits per heavy atom. The topological polar surface area (TPSA) is 51.2 Å². The summed E-state index contributed by atoms with van der Waals surface area (Å²) in [7, 11) is 0. The summed E-state index contributed by atoms with van der Waals surface area (Å²) in [5, 5.41) is 3.52. The zero-order valence-corrected chi connectivity index (χ0v) is 13.0. The van der Waals surface area contributed by atoms with E-state index in [1.165, 1.54) is 11.3 Å². The van der Waals surface area contributed by atoms with E-state index in [9.17, 15) is 4.79 Å². The number of anilines is 1. The zero-order chi connectivity index (χ0) is 13.2. The molecular formula is C13H11IN2O2S. The Balaban J connectivity index is 1.80. The van der Waals surface area contributed by atoms with Gasteiger partial charge in [0.1, 0.15) is 0 Å². The van der Waals surface area contributed by atoms with Crippen molar-refractivity contribution >= 4 is 45.0 Å². The monoisotopic (exact) mass is 386 g/mol. The SMILES string of the molecule is O=C(Nc1nc2c(s1)COCC2)c1ccccc1I. The van der Waals surface area contributed by atoms with Gasteiger partial charge in [-0.3, -0.25) is 10.1 Å². The highest BCUT2D eigenvalue weighted by Gasteiger charge is 2.17. The summed E-state index contributed by atoms with van der Waals surface area (Å²) in [5.41, 5.74) is 1.72. The van der Waals surface area contributed by atoms with Crippen molar-refractivity contribution in [3.05, 3.63) is 44.0 Å². The second kappa shape index (κ2) is 5.56. The van der Waals surface area contributed by atoms with Crippen LogP contribution in [0.2, 0.25) is 0 Å². The molecule has 0 saturated carbocycles. The highest BCUT2D eigenvalue weighted by molar-refractivity contribution is 14.1. The number of hydrogen-bond acceptors (Lipinski definition) is 4. The molecule has 4 nitrogen and oxygen atoms in total. The fourth-order valence-corrected chi connectivity index (χ4v) is 3.46. The number of rotatable bonds is 2. The first kappa shape index (κ1) is 13.0. The summed E-state index contributed by atoms with van der Waals surface area (Å²) >= 11 is 3.65. The summed E-state index contributed by atoms with van der Waals surface area (Å²) in [6, 6.07) is 7.50. The Morgan fingerprint density at radius 2 is 2.26 bits per heavy atom. The number of carbonyl (C=O) groups excluding carboxylic acids is 1. The number of amides is 1. The Hall–Kier alpha value is -0.990. The van der Waals surface area contributed by atoms with Gasteiger partial charge in [-0.15, -0.1) is 0 Å². The Kier molecular flexibility index (Phi) is 3.81. The number of aromatic nitrogens is 1. The van der Waals surface area contributed by atoms with Gasteiger partial charge in [0.2, 0.25) is 0 Å². The van der Waals surface area contributed by atoms with Gasteiger partial charge in [-0.1, -0.05) is 23.5 Å². The average Bonchev–Trinajstić information content (AvgIpc) is 2.81. The lowest BCUT2D eigenvalue weighted by Crippen LogP contribution is -2.13. The molecule has 19 heavy (non-hydrogen) atoms. The molecule has 1 aliphatic heterocycles. The molecule has 0 unspecified atom stereocenters. The Bertz CT molecular complexity index is 603. The predicted octanol–water partition coefficient (Wildman–Crippen LogP) is 3.07. The van der Waals surface area contributed by atoms with Crippen molar-refractivity contribution in [2.75, 3.05) is 11.9 Å². The number of nitrogens with zero attached hydrogens (tertiary/aromatic N) is 1. The van der Waals surface area contributed by atoms with Gasteiger partial charge in [0.15, 0.2) is 5.13 Å². The van der Waals surface area contributed by atoms with E-state index in [0.717, 1.165) is 20.6 Å². The van der Waals surface area contributed by atoms with E-state index < -0.39 is 0 Å². The van der Waals surface area contributed by atoms with Gasteiger partial charge >= 0.3 is 0 Å². The minimum absolute atomic E-state index is 0.114. The standard InChI is InChI=1S/C13H11IN2O2S/c14-9-4-2-1-3-8(9)12(17)16-13-15-10-5-6-18-7-11(10)19-13/h1-4H,5-7H2,(H,15,16,17). The fourth-order valence-electron chi connectivity index (χ4n) is 1.89. The van der Waals surface area contributed by atoms with Crippen molar-refractivity contribution < 1.29 is 9.53 Å². The maximum absolute atomic E-state index is 12.2. The summed E-state index contributed by atoms with van der Waals surface area (Å²) in [6.45, 7) is 1.31. The number of nitrogens with one attached hydrogen (secondary N) is 1. The number of carbonyl (C=O) groups is 1. The molecule has 0 radical (unpaired) electrons. The lowest BCUT2D eigenvalue weighted by Gasteiger charge is -2.08. The van der Waals surface area contributed by atoms with Crippen LogP contribution in [0.15, 0.2) is 24.3 Å². The van der Waals surface area contributed by atoms with Gasteiger partial charge in [0, 0.05) is 9.99 Å². The molecule has 2 aromatic rings. The van der Waals surface area contributed by atoms with E-state index in [-0.39, 0.29) is 5.91 Å². The third kappa shape index (κ3) is 2.80. The molecule has 98 valence electrons. The summed E-state index contributed by atoms with van der Waals surface area (Å²) in [5.74, 6) is -0.114. The van der Waals surface area contributed by atoms with Gasteiger partial charge in [-0.05, 0) is 34.7 Å². The molecule has 1 aliphatic rings. The van der Waals surface area contributed by atoms with Crippen LogP contribution in [0.1, 0.15) is 20.9 Å². The lowest BCUT2D eigenvalue weighted by atomic mass is 10.2. The van der Waals surface area contributed by atoms with Crippen LogP contribution in [0.5, 0.6) is 0 Å². The summed E-state index contributed by atoms with van der Waals surface area (Å²) in [6.07, 6.45) is 0.824. The van der Waals surface area contributed by atoms with Crippen molar-refractivity contribution in [1.82, 2.24) is 4.98 Å². The number of hydrogen-bond donors (Lipinski definition) is 1. The highest BCUT2D eigenvalue weighted by atomic mass is 127. The number of ether oxygens (including phenoxy) is 1. The van der Waals surface area contributed by atoms with Gasteiger partial charge in [0.25, 0.3) is 5.91 Å². The highest BCUT2D eigenvalue weighted by Crippen LogP contribution is 2.27. The molecular weight excluding hydrogens is 375 g/mol. The first-order valence-corrected chi connectivity index (χ1v) is 7.76. The number of benzene rings is 1. The summed E-state index contributed by atoms with van der Waals surface area (Å²) < 4.78 is 6.31. The molecule has 0 bridgehead atoms. The predicted molar refractivity (Wildman–Crippen MR) is 82.6 cm³/mol. The molecule has 1 N–H and O–H groups in total. The average molecular weight is 386 g/mol. The van der Waals surface area contributed by atoms with Crippen LogP contribution in [0.3, 0.4) is 0 Å². The number of fused-ring (bicyclic) bond motifs is 1. The number of thiazole rings is 1. The first-order valence-electron chi connectivity index (χ1n) is 5.86. The largest absolute Gasteiger partial charge is 0.375 e. The molecule has 3 rings (SSSR count). The van der Waals surface area contributed by atoms with Gasteiger partial charge in [-0.25, -0.2) is 4.98 Å². The van der Waals surface area contributed by atoms with Gasteiger partial charge < -0.3 is 4.74 Å². The smallest absolute Gasteiger partial charge is 0.258 e. The third-order valence-corrected chi connectivity index (χ3v) is 4.76. The van der Waals surface area contributed by atoms with Crippen molar-refractivity contribution in [2.45, 2.75) is 13.0 Å². The van der Waals surface area contributed by atoms with Crippen LogP contribution in [-0.2, 0) is 17.8 Å². The fraction of sp³-hybridized carbons (Fsp3) is 0.231. The maximum atomic E-state index is 12.2. The van der Waals surface area contributed by atoms with Crippen LogP contribution in [0.25, 0.3) is 0 Å². The van der Waals surface area contributed by atoms with E-state index in [1.54, 1.807) is 0 Å². The van der Waals surface area contributed by atoms with Gasteiger partial charge in [0.05, 0.1) is 29.3 Å². The third-order valence-electron chi connectivity index (χ3n) is 2.83. The van der Waals surface area contributed by atoms with Crippen molar-refractivity contribution in [2.24, 2.45) is 0 Å². The number of halogens is 1. The molecule has 0 fully saturated rings. The van der Waals surface area contributed by atoms with Crippen molar-refractivity contribution in [1.29, 1.82) is 0 Å². The summed E-state index contributed by atoms with van der Waals surface area (Å²) in [4.78, 5) is 17.7. The quantitative estimate of drug-likeness (QED) is 0.808. The molecule has 6 heteroatoms. The van der Waals surface area contributed by atoms with Crippen molar-refractivity contribution in [3.8, 4) is 0 Å². The van der Waals surface area contributed by atoms with Crippen LogP contribution >= 0.6 is 33.9 Å². The Labute approximate surface area is 128 Å². The molecule has 1 aromatic carbocycles. The molecule has 0 atom stereocenters. The molecule has 0 saturated heterocycles. The Morgan fingerprint density at radius 1 is 1.42 bits per heavy atom. The van der Waals surface area contributed by atoms with Gasteiger partial charge in [-0.2, -0.15) is 0 Å². The van der Waals surface area contributed by atoms with E-state index >= 15 is 0 Å². The van der Waals surface area contributed by atoms with E-state index in [2.05, 4.69) is 32.9 Å². The van der Waals surface area contributed by atoms with E-state index in [1.807, 2.05) is 24.3 Å². The second-order valence-corrected chi connectivity index (χ2v) is 6.37. The molecule has 0 spiro atoms. The van der Waals surface area contributed by atoms with Crippen LogP contribution < -0.4 is 5.32 Å². The minimum atomic E-state index is -0.114. The second-order valence-electron chi connectivity index (χ2n) is 4.13. The van der Waals surface area contributed by atoms with E-state index in [0.29, 0.717) is 23.9 Å². The molecule has 0 aliphatic carbocycles. The minimum Gasteiger partial charge on any atom is -0.375 e. The van der Waals surface area contributed by atoms with Crippen LogP contribution in [0, 0.1) is 3.57 Å². The van der Waals surface area contributed by atoms with Crippen LogP contribution in [0.4, 0.5) is 5.13 Å². The molecule has 1 aromatic heterocycles. The molecule has 1 amide bonds. The maximum Gasteiger partial charge on any atom is 0.258 e. The first-order chi connectivity index (χ1) is 9.24. The van der Waals surface area contributed by atoms with Crippen molar-refractivity contribution in [3.63, 3.8) is 0 Å². The lowest BCUT2D eigenvalue weighted by molar-refractivity contribution is 0.102. The normalized spacial score (nSPS) is 13.9. The zero-order valence-electron chi connectivity index (χ0n) is 9.98.